The van der Waals surface area contributed by atoms with Gasteiger partial charge in [-0.1, -0.05) is 0 Å². The third-order valence-electron chi connectivity index (χ3n) is 5.43. The van der Waals surface area contributed by atoms with Crippen molar-refractivity contribution in [1.82, 2.24) is 10.3 Å². The summed E-state index contributed by atoms with van der Waals surface area (Å²) < 4.78 is 66.1. The highest BCUT2D eigenvalue weighted by molar-refractivity contribution is 6.00. The first kappa shape index (κ1) is 23.3. The van der Waals surface area contributed by atoms with Gasteiger partial charge >= 0.3 is 18.1 Å². The van der Waals surface area contributed by atoms with Crippen LogP contribution in [0.25, 0.3) is 11.1 Å². The van der Waals surface area contributed by atoms with Gasteiger partial charge in [-0.2, -0.15) is 8.78 Å². The zero-order chi connectivity index (χ0) is 24.6. The van der Waals surface area contributed by atoms with Gasteiger partial charge in [-0.25, -0.2) is 23.4 Å². The minimum absolute atomic E-state index is 0.0326. The van der Waals surface area contributed by atoms with E-state index in [9.17, 15) is 31.9 Å². The summed E-state index contributed by atoms with van der Waals surface area (Å²) in [6.07, 6.45) is -1.95. The van der Waals surface area contributed by atoms with E-state index in [2.05, 4.69) is 15.0 Å². The van der Waals surface area contributed by atoms with Gasteiger partial charge in [0.25, 0.3) is 5.91 Å². The van der Waals surface area contributed by atoms with Crippen molar-refractivity contribution in [3.8, 4) is 11.1 Å². The molecule has 3 heterocycles. The standard InChI is InChI=1S/C21H18F4N4O5/c1-33-19(31)27-9-12-10-29(20(32)34-12)14-4-3-13(16(22)17(14)23)11-2-5-15(26-8-11)28-7-6-21(24,25)18(28)30/h2-5,8,12H,6-7,9-10H2,1H3,(H,27,31). The number of alkyl halides is 2. The van der Waals surface area contributed by atoms with Crippen LogP contribution >= 0.6 is 0 Å². The molecular weight excluding hydrogens is 464 g/mol. The predicted octanol–water partition coefficient (Wildman–Crippen LogP) is 3.08. The number of anilines is 2. The Hall–Kier alpha value is -3.90. The molecule has 1 aromatic heterocycles. The van der Waals surface area contributed by atoms with Crippen molar-refractivity contribution < 1.29 is 41.4 Å². The number of rotatable bonds is 5. The number of ether oxygens (including phenoxy) is 2. The van der Waals surface area contributed by atoms with Crippen LogP contribution in [0.15, 0.2) is 30.5 Å². The molecule has 1 unspecified atom stereocenters. The summed E-state index contributed by atoms with van der Waals surface area (Å²) in [7, 11) is 1.16. The van der Waals surface area contributed by atoms with Crippen molar-refractivity contribution >= 4 is 29.6 Å². The van der Waals surface area contributed by atoms with Crippen molar-refractivity contribution in [3.05, 3.63) is 42.1 Å². The lowest BCUT2D eigenvalue weighted by Gasteiger charge is -2.17. The molecule has 0 bridgehead atoms. The van der Waals surface area contributed by atoms with E-state index >= 15 is 0 Å². The fourth-order valence-electron chi connectivity index (χ4n) is 3.65. The Balaban J connectivity index is 1.51. The second kappa shape index (κ2) is 8.80. The molecule has 2 fully saturated rings. The number of carbonyl (C=O) groups is 3. The van der Waals surface area contributed by atoms with E-state index in [1.54, 1.807) is 0 Å². The SMILES string of the molecule is COC(=O)NCC1CN(c2ccc(-c3ccc(N4CCC(F)(F)C4=O)nc3)c(F)c2F)C(=O)O1. The minimum Gasteiger partial charge on any atom is -0.453 e. The first-order chi connectivity index (χ1) is 16.1. The first-order valence-corrected chi connectivity index (χ1v) is 10.1. The molecule has 2 aromatic rings. The number of halogens is 4. The van der Waals surface area contributed by atoms with E-state index in [1.807, 2.05) is 0 Å². The zero-order valence-corrected chi connectivity index (χ0v) is 17.7. The van der Waals surface area contributed by atoms with Gasteiger partial charge in [-0.05, 0) is 24.3 Å². The van der Waals surface area contributed by atoms with Gasteiger partial charge in [0.15, 0.2) is 11.6 Å². The summed E-state index contributed by atoms with van der Waals surface area (Å²) in [4.78, 5) is 40.7. The van der Waals surface area contributed by atoms with Crippen LogP contribution in [0.4, 0.5) is 38.7 Å². The average molecular weight is 482 g/mol. The molecule has 0 aliphatic carbocycles. The van der Waals surface area contributed by atoms with Crippen molar-refractivity contribution in [3.63, 3.8) is 0 Å². The fourth-order valence-corrected chi connectivity index (χ4v) is 3.65. The number of alkyl carbamates (subject to hydrolysis) is 1. The molecule has 9 nitrogen and oxygen atoms in total. The number of hydrogen-bond donors (Lipinski definition) is 1. The number of nitrogens with one attached hydrogen (secondary N) is 1. The van der Waals surface area contributed by atoms with Crippen LogP contribution in [0.2, 0.25) is 0 Å². The number of carbonyl (C=O) groups excluding carboxylic acids is 3. The van der Waals surface area contributed by atoms with Gasteiger partial charge < -0.3 is 14.8 Å². The van der Waals surface area contributed by atoms with E-state index in [0.717, 1.165) is 23.1 Å². The monoisotopic (exact) mass is 482 g/mol. The van der Waals surface area contributed by atoms with Crippen molar-refractivity contribution in [2.24, 2.45) is 0 Å². The molecule has 13 heteroatoms. The van der Waals surface area contributed by atoms with E-state index < -0.39 is 48.2 Å². The van der Waals surface area contributed by atoms with E-state index in [4.69, 9.17) is 4.74 Å². The van der Waals surface area contributed by atoms with Gasteiger partial charge in [0, 0.05) is 30.3 Å². The molecule has 0 spiro atoms. The van der Waals surface area contributed by atoms with Crippen LogP contribution in [0.3, 0.4) is 0 Å². The predicted molar refractivity (Wildman–Crippen MR) is 110 cm³/mol. The fraction of sp³-hybridized carbons (Fsp3) is 0.333. The summed E-state index contributed by atoms with van der Waals surface area (Å²) in [6, 6.07) is 5.00. The Morgan fingerprint density at radius 1 is 1.21 bits per heavy atom. The van der Waals surface area contributed by atoms with Gasteiger partial charge in [0.05, 0.1) is 25.9 Å². The van der Waals surface area contributed by atoms with Crippen LogP contribution in [-0.4, -0.2) is 61.8 Å². The molecule has 4 rings (SSSR count). The maximum absolute atomic E-state index is 14.9. The summed E-state index contributed by atoms with van der Waals surface area (Å²) in [5.41, 5.74) is -0.412. The van der Waals surface area contributed by atoms with E-state index in [-0.39, 0.29) is 42.3 Å². The number of benzene rings is 1. The third-order valence-corrected chi connectivity index (χ3v) is 5.43. The Morgan fingerprint density at radius 3 is 2.59 bits per heavy atom. The molecular formula is C21H18F4N4O5. The van der Waals surface area contributed by atoms with Crippen LogP contribution in [0.1, 0.15) is 6.42 Å². The Kier molecular flexibility index (Phi) is 6.02. The van der Waals surface area contributed by atoms with Gasteiger partial charge in [0.2, 0.25) is 0 Å². The van der Waals surface area contributed by atoms with Crippen molar-refractivity contribution in [2.75, 3.05) is 36.5 Å². The molecule has 2 aliphatic heterocycles. The summed E-state index contributed by atoms with van der Waals surface area (Å²) in [5.74, 6) is -7.44. The largest absolute Gasteiger partial charge is 0.453 e. The normalized spacial score (nSPS) is 19.4. The van der Waals surface area contributed by atoms with Crippen LogP contribution in [0.5, 0.6) is 0 Å². The first-order valence-electron chi connectivity index (χ1n) is 10.1. The van der Waals surface area contributed by atoms with Crippen LogP contribution < -0.4 is 15.1 Å². The summed E-state index contributed by atoms with van der Waals surface area (Å²) >= 11 is 0. The molecule has 2 saturated heterocycles. The lowest BCUT2D eigenvalue weighted by molar-refractivity contribution is -0.137. The maximum atomic E-state index is 14.9. The molecule has 1 aromatic carbocycles. The number of hydrogen-bond acceptors (Lipinski definition) is 6. The number of pyridine rings is 1. The van der Waals surface area contributed by atoms with Crippen LogP contribution in [0, 0.1) is 11.6 Å². The quantitative estimate of drug-likeness (QED) is 0.658. The van der Waals surface area contributed by atoms with Crippen molar-refractivity contribution in [2.45, 2.75) is 18.4 Å². The van der Waals surface area contributed by atoms with Crippen LogP contribution in [-0.2, 0) is 14.3 Å². The lowest BCUT2D eigenvalue weighted by atomic mass is 10.1. The second-order valence-corrected chi connectivity index (χ2v) is 7.57. The average Bonchev–Trinajstić information content (AvgIpc) is 3.32. The molecule has 0 radical (unpaired) electrons. The minimum atomic E-state index is -3.46. The Bertz CT molecular complexity index is 1140. The van der Waals surface area contributed by atoms with Crippen molar-refractivity contribution in [1.29, 1.82) is 0 Å². The number of cyclic esters (lactones) is 1. The number of nitrogens with zero attached hydrogens (tertiary/aromatic N) is 3. The third kappa shape index (κ3) is 4.20. The van der Waals surface area contributed by atoms with Gasteiger partial charge in [-0.15, -0.1) is 0 Å². The molecule has 3 amide bonds. The highest BCUT2D eigenvalue weighted by atomic mass is 19.3. The summed E-state index contributed by atoms with van der Waals surface area (Å²) in [5, 5.41) is 2.35. The molecule has 2 aliphatic rings. The van der Waals surface area contributed by atoms with Gasteiger partial charge in [-0.3, -0.25) is 14.6 Å². The highest BCUT2D eigenvalue weighted by Crippen LogP contribution is 2.34. The highest BCUT2D eigenvalue weighted by Gasteiger charge is 2.48. The lowest BCUT2D eigenvalue weighted by Crippen LogP contribution is -2.34. The molecule has 0 saturated carbocycles. The molecule has 180 valence electrons. The van der Waals surface area contributed by atoms with E-state index in [0.29, 0.717) is 0 Å². The number of methoxy groups -OCH3 is 1. The maximum Gasteiger partial charge on any atom is 0.414 e. The molecule has 34 heavy (non-hydrogen) atoms. The van der Waals surface area contributed by atoms with E-state index in [1.165, 1.54) is 24.3 Å². The number of aromatic nitrogens is 1. The molecule has 1 atom stereocenters. The molecule has 1 N–H and O–H groups in total. The zero-order valence-electron chi connectivity index (χ0n) is 17.7. The summed E-state index contributed by atoms with van der Waals surface area (Å²) in [6.45, 7) is -0.429. The number of amides is 3. The topological polar surface area (TPSA) is 101 Å². The van der Waals surface area contributed by atoms with Gasteiger partial charge in [0.1, 0.15) is 11.9 Å². The second-order valence-electron chi connectivity index (χ2n) is 7.57. The smallest absolute Gasteiger partial charge is 0.414 e. The Labute approximate surface area is 190 Å². The Morgan fingerprint density at radius 2 is 1.97 bits per heavy atom.